The molecule has 0 aliphatic carbocycles. The topological polar surface area (TPSA) is 35.5 Å². The van der Waals surface area contributed by atoms with Crippen molar-refractivity contribution in [3.8, 4) is 11.5 Å². The smallest absolute Gasteiger partial charge is 0.171 e. The van der Waals surface area contributed by atoms with Gasteiger partial charge in [0.2, 0.25) is 0 Å². The van der Waals surface area contributed by atoms with Crippen LogP contribution in [0.5, 0.6) is 11.5 Å². The zero-order valence-electron chi connectivity index (χ0n) is 7.28. The van der Waals surface area contributed by atoms with E-state index in [4.69, 9.17) is 9.47 Å². The summed E-state index contributed by atoms with van der Waals surface area (Å²) in [5.74, 6) is 1.49. The van der Waals surface area contributed by atoms with Crippen LogP contribution in [0.25, 0.3) is 0 Å². The minimum Gasteiger partial charge on any atom is -0.488 e. The molecule has 70 valence electrons. The molecule has 0 aromatic carbocycles. The number of aldehydes is 1. The third-order valence-electron chi connectivity index (χ3n) is 1.99. The van der Waals surface area contributed by atoms with Crippen LogP contribution in [0, 0.1) is 5.41 Å². The van der Waals surface area contributed by atoms with Crippen molar-refractivity contribution in [2.45, 2.75) is 6.92 Å². The second kappa shape index (κ2) is 3.03. The quantitative estimate of drug-likeness (QED) is 0.644. The van der Waals surface area contributed by atoms with Crippen molar-refractivity contribution in [3.05, 3.63) is 10.8 Å². The van der Waals surface area contributed by atoms with Crippen LogP contribution in [0.3, 0.4) is 0 Å². The van der Waals surface area contributed by atoms with Gasteiger partial charge in [-0.1, -0.05) is 0 Å². The van der Waals surface area contributed by atoms with Gasteiger partial charge in [0.1, 0.15) is 19.5 Å². The third kappa shape index (κ3) is 1.54. The molecule has 0 saturated carbocycles. The molecule has 1 aromatic heterocycles. The van der Waals surface area contributed by atoms with Gasteiger partial charge < -0.3 is 14.3 Å². The van der Waals surface area contributed by atoms with Gasteiger partial charge in [-0.2, -0.15) is 0 Å². The lowest BCUT2D eigenvalue weighted by atomic mass is 9.96. The van der Waals surface area contributed by atoms with Crippen molar-refractivity contribution in [3.63, 3.8) is 0 Å². The van der Waals surface area contributed by atoms with Gasteiger partial charge in [-0.15, -0.1) is 11.3 Å². The van der Waals surface area contributed by atoms with E-state index in [0.29, 0.717) is 13.2 Å². The fraction of sp³-hybridized carbons (Fsp3) is 0.444. The maximum atomic E-state index is 10.7. The van der Waals surface area contributed by atoms with Crippen LogP contribution in [0.15, 0.2) is 10.8 Å². The second-order valence-corrected chi connectivity index (χ2v) is 4.19. The average Bonchev–Trinajstić information content (AvgIpc) is 2.54. The second-order valence-electron chi connectivity index (χ2n) is 3.45. The molecular formula is C9H10O3S. The number of fused-ring (bicyclic) bond motifs is 1. The number of thiophene rings is 1. The van der Waals surface area contributed by atoms with Gasteiger partial charge in [0.25, 0.3) is 0 Å². The Hall–Kier alpha value is -1.03. The molecule has 1 aliphatic rings. The Morgan fingerprint density at radius 2 is 1.92 bits per heavy atom. The lowest BCUT2D eigenvalue weighted by Crippen LogP contribution is -2.31. The van der Waals surface area contributed by atoms with Crippen LogP contribution in [-0.2, 0) is 4.79 Å². The minimum absolute atomic E-state index is 0.389. The van der Waals surface area contributed by atoms with Crippen LogP contribution in [0.2, 0.25) is 0 Å². The van der Waals surface area contributed by atoms with E-state index in [2.05, 4.69) is 0 Å². The van der Waals surface area contributed by atoms with Gasteiger partial charge in [0.15, 0.2) is 11.5 Å². The summed E-state index contributed by atoms with van der Waals surface area (Å²) in [7, 11) is 0. The standard InChI is InChI=1S/C9H10O3S/c1-9(4-10)5-11-7-2-13-3-8(7)12-6-9/h2-4H,5-6H2,1H3. The number of carbonyl (C=O) groups is 1. The van der Waals surface area contributed by atoms with E-state index in [0.717, 1.165) is 17.8 Å². The van der Waals surface area contributed by atoms with Gasteiger partial charge in [-0.05, 0) is 6.92 Å². The molecule has 0 N–H and O–H groups in total. The van der Waals surface area contributed by atoms with Crippen molar-refractivity contribution in [1.29, 1.82) is 0 Å². The van der Waals surface area contributed by atoms with Crippen LogP contribution < -0.4 is 9.47 Å². The Bertz CT molecular complexity index is 296. The van der Waals surface area contributed by atoms with Crippen LogP contribution in [0.1, 0.15) is 6.92 Å². The summed E-state index contributed by atoms with van der Waals surface area (Å²) in [5, 5.41) is 3.76. The summed E-state index contributed by atoms with van der Waals surface area (Å²) in [6.45, 7) is 2.61. The van der Waals surface area contributed by atoms with Crippen molar-refractivity contribution in [2.24, 2.45) is 5.41 Å². The highest BCUT2D eigenvalue weighted by atomic mass is 32.1. The zero-order chi connectivity index (χ0) is 9.31. The summed E-state index contributed by atoms with van der Waals surface area (Å²) in [4.78, 5) is 10.7. The van der Waals surface area contributed by atoms with Gasteiger partial charge in [-0.25, -0.2) is 0 Å². The van der Waals surface area contributed by atoms with Crippen LogP contribution in [-0.4, -0.2) is 19.5 Å². The number of hydrogen-bond donors (Lipinski definition) is 0. The Morgan fingerprint density at radius 1 is 1.38 bits per heavy atom. The first-order chi connectivity index (χ1) is 6.23. The monoisotopic (exact) mass is 198 g/mol. The highest BCUT2D eigenvalue weighted by molar-refractivity contribution is 7.08. The summed E-state index contributed by atoms with van der Waals surface area (Å²) in [6.07, 6.45) is 0.891. The van der Waals surface area contributed by atoms with E-state index in [1.807, 2.05) is 17.7 Å². The van der Waals surface area contributed by atoms with Gasteiger partial charge >= 0.3 is 0 Å². The van der Waals surface area contributed by atoms with E-state index >= 15 is 0 Å². The summed E-state index contributed by atoms with van der Waals surface area (Å²) in [6, 6.07) is 0. The van der Waals surface area contributed by atoms with E-state index in [-0.39, 0.29) is 0 Å². The molecule has 0 bridgehead atoms. The summed E-state index contributed by atoms with van der Waals surface area (Å²) >= 11 is 1.53. The molecule has 0 radical (unpaired) electrons. The first kappa shape index (κ1) is 8.56. The molecule has 0 spiro atoms. The van der Waals surface area contributed by atoms with E-state index in [1.165, 1.54) is 11.3 Å². The van der Waals surface area contributed by atoms with Crippen molar-refractivity contribution in [2.75, 3.05) is 13.2 Å². The highest BCUT2D eigenvalue weighted by Gasteiger charge is 2.29. The number of ether oxygens (including phenoxy) is 2. The molecule has 0 fully saturated rings. The van der Waals surface area contributed by atoms with Gasteiger partial charge in [0, 0.05) is 10.8 Å². The molecular weight excluding hydrogens is 188 g/mol. The predicted molar refractivity (Wildman–Crippen MR) is 49.5 cm³/mol. The fourth-order valence-corrected chi connectivity index (χ4v) is 1.76. The van der Waals surface area contributed by atoms with Crippen molar-refractivity contribution < 1.29 is 14.3 Å². The van der Waals surface area contributed by atoms with Crippen molar-refractivity contribution >= 4 is 17.6 Å². The Labute approximate surface area is 80.3 Å². The molecule has 4 heteroatoms. The summed E-state index contributed by atoms with van der Waals surface area (Å²) < 4.78 is 10.9. The average molecular weight is 198 g/mol. The van der Waals surface area contributed by atoms with Gasteiger partial charge in [-0.3, -0.25) is 0 Å². The maximum absolute atomic E-state index is 10.7. The van der Waals surface area contributed by atoms with Gasteiger partial charge in [0.05, 0.1) is 5.41 Å². The SMILES string of the molecule is CC1(C=O)COc2cscc2OC1. The zero-order valence-corrected chi connectivity index (χ0v) is 8.10. The first-order valence-electron chi connectivity index (χ1n) is 4.02. The Kier molecular flexibility index (Phi) is 2.00. The van der Waals surface area contributed by atoms with E-state index in [9.17, 15) is 4.79 Å². The molecule has 0 amide bonds. The Balaban J connectivity index is 2.21. The molecule has 2 heterocycles. The molecule has 1 aliphatic heterocycles. The molecule has 2 rings (SSSR count). The number of rotatable bonds is 1. The maximum Gasteiger partial charge on any atom is 0.171 e. The first-order valence-corrected chi connectivity index (χ1v) is 4.96. The largest absolute Gasteiger partial charge is 0.488 e. The number of carbonyl (C=O) groups excluding carboxylic acids is 1. The molecule has 13 heavy (non-hydrogen) atoms. The molecule has 1 aromatic rings. The Morgan fingerprint density at radius 3 is 2.38 bits per heavy atom. The predicted octanol–water partition coefficient (Wildman–Crippen LogP) is 1.72. The lowest BCUT2D eigenvalue weighted by Gasteiger charge is -2.18. The third-order valence-corrected chi connectivity index (χ3v) is 2.69. The minimum atomic E-state index is -0.517. The molecule has 0 unspecified atom stereocenters. The fourth-order valence-electron chi connectivity index (χ4n) is 1.08. The highest BCUT2D eigenvalue weighted by Crippen LogP contribution is 2.35. The van der Waals surface area contributed by atoms with E-state index < -0.39 is 5.41 Å². The molecule has 3 nitrogen and oxygen atoms in total. The van der Waals surface area contributed by atoms with Crippen LogP contribution >= 0.6 is 11.3 Å². The lowest BCUT2D eigenvalue weighted by molar-refractivity contribution is -0.118. The summed E-state index contributed by atoms with van der Waals surface area (Å²) in [5.41, 5.74) is -0.517. The molecule has 0 atom stereocenters. The van der Waals surface area contributed by atoms with Crippen LogP contribution in [0.4, 0.5) is 0 Å². The van der Waals surface area contributed by atoms with Crippen molar-refractivity contribution in [1.82, 2.24) is 0 Å². The molecule has 0 saturated heterocycles. The van der Waals surface area contributed by atoms with E-state index in [1.54, 1.807) is 0 Å². The number of hydrogen-bond acceptors (Lipinski definition) is 4. The normalized spacial score (nSPS) is 19.2.